The molecule has 5 heteroatoms. The minimum atomic E-state index is 0.0865. The number of nitrogens with zero attached hydrogens (tertiary/aromatic N) is 2. The Bertz CT molecular complexity index is 620. The van der Waals surface area contributed by atoms with Gasteiger partial charge in [-0.05, 0) is 30.5 Å². The third kappa shape index (κ3) is 4.85. The average molecular weight is 335 g/mol. The molecule has 0 unspecified atom stereocenters. The van der Waals surface area contributed by atoms with Crippen molar-refractivity contribution < 1.29 is 4.79 Å². The van der Waals surface area contributed by atoms with Crippen molar-refractivity contribution in [1.82, 2.24) is 9.88 Å². The first kappa shape index (κ1) is 17.0. The van der Waals surface area contributed by atoms with E-state index >= 15 is 0 Å². The van der Waals surface area contributed by atoms with Crippen molar-refractivity contribution in [3.63, 3.8) is 0 Å². The molecule has 118 valence electrons. The highest BCUT2D eigenvalue weighted by atomic mass is 32.2. The van der Waals surface area contributed by atoms with Gasteiger partial charge < -0.3 is 4.90 Å². The molecule has 1 amide bonds. The number of rotatable bonds is 6. The lowest BCUT2D eigenvalue weighted by atomic mass is 10.1. The summed E-state index contributed by atoms with van der Waals surface area (Å²) in [6.07, 6.45) is 0. The Morgan fingerprint density at radius 2 is 2.00 bits per heavy atom. The van der Waals surface area contributed by atoms with Crippen molar-refractivity contribution in [2.24, 2.45) is 5.92 Å². The molecule has 2 rings (SSSR count). The van der Waals surface area contributed by atoms with Gasteiger partial charge in [-0.15, -0.1) is 11.3 Å². The third-order valence-electron chi connectivity index (χ3n) is 3.15. The highest BCUT2D eigenvalue weighted by Gasteiger charge is 2.12. The van der Waals surface area contributed by atoms with E-state index in [1.807, 2.05) is 38.2 Å². The fourth-order valence-corrected chi connectivity index (χ4v) is 3.94. The van der Waals surface area contributed by atoms with Crippen molar-refractivity contribution in [1.29, 1.82) is 0 Å². The van der Waals surface area contributed by atoms with Crippen LogP contribution in [0.25, 0.3) is 0 Å². The normalized spacial score (nSPS) is 11.0. The number of hydrogen-bond acceptors (Lipinski definition) is 4. The molecule has 1 aromatic heterocycles. The molecule has 0 N–H and O–H groups in total. The predicted molar refractivity (Wildman–Crippen MR) is 94.7 cm³/mol. The van der Waals surface area contributed by atoms with E-state index in [4.69, 9.17) is 0 Å². The molecule has 0 saturated heterocycles. The Labute approximate surface area is 140 Å². The number of hydrogen-bond donors (Lipinski definition) is 0. The average Bonchev–Trinajstić information content (AvgIpc) is 2.90. The highest BCUT2D eigenvalue weighted by Crippen LogP contribution is 2.26. The zero-order valence-electron chi connectivity index (χ0n) is 13.5. The van der Waals surface area contributed by atoms with E-state index in [0.29, 0.717) is 5.92 Å². The molecule has 22 heavy (non-hydrogen) atoms. The Balaban J connectivity index is 1.93. The van der Waals surface area contributed by atoms with E-state index in [0.717, 1.165) is 27.9 Å². The van der Waals surface area contributed by atoms with E-state index in [1.54, 1.807) is 28.0 Å². The van der Waals surface area contributed by atoms with E-state index in [9.17, 15) is 4.79 Å². The molecule has 1 aromatic carbocycles. The van der Waals surface area contributed by atoms with Crippen molar-refractivity contribution in [2.45, 2.75) is 30.9 Å². The summed E-state index contributed by atoms with van der Waals surface area (Å²) < 4.78 is 1.09. The Kier molecular flexibility index (Phi) is 6.03. The van der Waals surface area contributed by atoms with Gasteiger partial charge in [-0.3, -0.25) is 4.79 Å². The first-order chi connectivity index (χ1) is 10.5. The minimum absolute atomic E-state index is 0.0865. The molecule has 2 aromatic rings. The molecule has 0 bridgehead atoms. The van der Waals surface area contributed by atoms with Gasteiger partial charge in [0.2, 0.25) is 0 Å². The second-order valence-electron chi connectivity index (χ2n) is 5.82. The lowest BCUT2D eigenvalue weighted by Gasteiger charge is -2.19. The maximum Gasteiger partial charge on any atom is 0.253 e. The summed E-state index contributed by atoms with van der Waals surface area (Å²) in [6, 6.07) is 7.90. The summed E-state index contributed by atoms with van der Waals surface area (Å²) in [5.41, 5.74) is 3.03. The van der Waals surface area contributed by atoms with Crippen LogP contribution in [-0.2, 0) is 5.75 Å². The van der Waals surface area contributed by atoms with Crippen molar-refractivity contribution in [3.05, 3.63) is 46.5 Å². The lowest BCUT2D eigenvalue weighted by molar-refractivity contribution is 0.0779. The zero-order chi connectivity index (χ0) is 16.1. The third-order valence-corrected chi connectivity index (χ3v) is 5.36. The molecule has 0 aliphatic rings. The first-order valence-corrected chi connectivity index (χ1v) is 9.21. The number of aromatic nitrogens is 1. The molecule has 3 nitrogen and oxygen atoms in total. The van der Waals surface area contributed by atoms with E-state index in [2.05, 4.69) is 24.2 Å². The molecule has 0 radical (unpaired) electrons. The molecular weight excluding hydrogens is 312 g/mol. The van der Waals surface area contributed by atoms with E-state index in [1.165, 1.54) is 5.56 Å². The summed E-state index contributed by atoms with van der Waals surface area (Å²) in [7, 11) is 1.86. The van der Waals surface area contributed by atoms with Crippen molar-refractivity contribution >= 4 is 29.0 Å². The maximum atomic E-state index is 12.3. The van der Waals surface area contributed by atoms with E-state index < -0.39 is 0 Å². The Hall–Kier alpha value is -1.33. The van der Waals surface area contributed by atoms with Gasteiger partial charge in [0.25, 0.3) is 5.91 Å². The molecule has 0 aliphatic carbocycles. The largest absolute Gasteiger partial charge is 0.341 e. The quantitative estimate of drug-likeness (QED) is 0.731. The van der Waals surface area contributed by atoms with Gasteiger partial charge in [0.05, 0.1) is 0 Å². The molecule has 0 spiro atoms. The van der Waals surface area contributed by atoms with Crippen LogP contribution in [0.15, 0.2) is 34.0 Å². The van der Waals surface area contributed by atoms with E-state index in [-0.39, 0.29) is 5.91 Å². The predicted octanol–water partition coefficient (Wildman–Crippen LogP) is 4.47. The summed E-state index contributed by atoms with van der Waals surface area (Å²) in [6.45, 7) is 7.02. The van der Waals surface area contributed by atoms with Gasteiger partial charge in [-0.25, -0.2) is 4.98 Å². The van der Waals surface area contributed by atoms with Crippen LogP contribution in [0.4, 0.5) is 0 Å². The molecule has 0 aliphatic heterocycles. The summed E-state index contributed by atoms with van der Waals surface area (Å²) in [5.74, 6) is 1.44. The summed E-state index contributed by atoms with van der Waals surface area (Å²) in [5, 5.41) is 2.06. The van der Waals surface area contributed by atoms with Crippen LogP contribution in [0.2, 0.25) is 0 Å². The Morgan fingerprint density at radius 3 is 2.55 bits per heavy atom. The number of carbonyl (C=O) groups is 1. The smallest absolute Gasteiger partial charge is 0.253 e. The molecular formula is C17H22N2OS2. The lowest BCUT2D eigenvalue weighted by Crippen LogP contribution is -2.30. The molecule has 0 atom stereocenters. The topological polar surface area (TPSA) is 33.2 Å². The fourth-order valence-electron chi connectivity index (χ4n) is 2.14. The van der Waals surface area contributed by atoms with Crippen molar-refractivity contribution in [2.75, 3.05) is 13.6 Å². The van der Waals surface area contributed by atoms with Gasteiger partial charge in [-0.2, -0.15) is 0 Å². The molecule has 0 fully saturated rings. The zero-order valence-corrected chi connectivity index (χ0v) is 15.1. The number of carbonyl (C=O) groups excluding carboxylic acids is 1. The number of aryl methyl sites for hydroxylation is 1. The second-order valence-corrected chi connectivity index (χ2v) is 7.90. The summed E-state index contributed by atoms with van der Waals surface area (Å²) >= 11 is 3.41. The fraction of sp³-hybridized carbons (Fsp3) is 0.412. The van der Waals surface area contributed by atoms with Crippen LogP contribution in [-0.4, -0.2) is 29.4 Å². The van der Waals surface area contributed by atoms with Gasteiger partial charge in [0.15, 0.2) is 0 Å². The number of thiazole rings is 1. The van der Waals surface area contributed by atoms with Crippen LogP contribution in [0, 0.1) is 12.8 Å². The maximum absolute atomic E-state index is 12.3. The highest BCUT2D eigenvalue weighted by molar-refractivity contribution is 8.00. The van der Waals surface area contributed by atoms with Crippen LogP contribution < -0.4 is 0 Å². The van der Waals surface area contributed by atoms with Gasteiger partial charge >= 0.3 is 0 Å². The SMILES string of the molecule is Cc1csc(SCc2ccc(C(=O)N(C)CC(C)C)cc2)n1. The number of benzene rings is 1. The Morgan fingerprint density at radius 1 is 1.32 bits per heavy atom. The first-order valence-electron chi connectivity index (χ1n) is 7.35. The minimum Gasteiger partial charge on any atom is -0.341 e. The van der Waals surface area contributed by atoms with Crippen LogP contribution in [0.5, 0.6) is 0 Å². The second kappa shape index (κ2) is 7.79. The number of thioether (sulfide) groups is 1. The van der Waals surface area contributed by atoms with Gasteiger partial charge in [-0.1, -0.05) is 37.7 Å². The van der Waals surface area contributed by atoms with Gasteiger partial charge in [0.1, 0.15) is 4.34 Å². The van der Waals surface area contributed by atoms with Crippen molar-refractivity contribution in [3.8, 4) is 0 Å². The van der Waals surface area contributed by atoms with Crippen LogP contribution >= 0.6 is 23.1 Å². The standard InChI is InChI=1S/C17H22N2OS2/c1-12(2)9-19(4)16(20)15-7-5-14(6-8-15)11-22-17-18-13(3)10-21-17/h5-8,10,12H,9,11H2,1-4H3. The van der Waals surface area contributed by atoms with Crippen LogP contribution in [0.1, 0.15) is 35.5 Å². The monoisotopic (exact) mass is 334 g/mol. The summed E-state index contributed by atoms with van der Waals surface area (Å²) in [4.78, 5) is 18.5. The molecule has 0 saturated carbocycles. The van der Waals surface area contributed by atoms with Gasteiger partial charge in [0, 0.05) is 36.0 Å². The van der Waals surface area contributed by atoms with Crippen LogP contribution in [0.3, 0.4) is 0 Å². The number of amides is 1. The molecule has 1 heterocycles.